The molecule has 5 nitrogen and oxygen atoms in total. The molecule has 27 heavy (non-hydrogen) atoms. The maximum absolute atomic E-state index is 12.9. The fourth-order valence-electron chi connectivity index (χ4n) is 2.28. The number of nitrogens with zero attached hydrogens (tertiary/aromatic N) is 2. The van der Waals surface area contributed by atoms with E-state index in [-0.39, 0.29) is 11.8 Å². The maximum atomic E-state index is 12.9. The second-order valence-corrected chi connectivity index (χ2v) is 8.05. The number of thioether (sulfide) groups is 1. The number of hydrogen-bond acceptors (Lipinski definition) is 5. The third-order valence-corrected chi connectivity index (χ3v) is 5.90. The highest BCUT2D eigenvalue weighted by Gasteiger charge is 2.09. The lowest BCUT2D eigenvalue weighted by Crippen LogP contribution is -2.19. The summed E-state index contributed by atoms with van der Waals surface area (Å²) in [7, 11) is 0. The van der Waals surface area contributed by atoms with E-state index in [0.29, 0.717) is 10.9 Å². The third kappa shape index (κ3) is 5.77. The van der Waals surface area contributed by atoms with Crippen molar-refractivity contribution in [1.29, 1.82) is 0 Å². The molecule has 0 aliphatic carbocycles. The number of carbonyl (C=O) groups is 1. The van der Waals surface area contributed by atoms with E-state index in [4.69, 9.17) is 0 Å². The molecule has 0 atom stereocenters. The highest BCUT2D eigenvalue weighted by atomic mass is 32.2. The minimum Gasteiger partial charge on any atom is -0.308 e. The number of anilines is 2. The normalized spacial score (nSPS) is 10.6. The molecule has 0 saturated heterocycles. The number of benzene rings is 2. The predicted octanol–water partition coefficient (Wildman–Crippen LogP) is 5.37. The number of amides is 2. The van der Waals surface area contributed by atoms with Gasteiger partial charge in [0.2, 0.25) is 5.13 Å². The number of aromatic nitrogens is 2. The molecule has 3 aromatic rings. The van der Waals surface area contributed by atoms with Gasteiger partial charge in [0.1, 0.15) is 10.8 Å². The molecule has 1 heterocycles. The summed E-state index contributed by atoms with van der Waals surface area (Å²) >= 11 is 3.00. The van der Waals surface area contributed by atoms with E-state index in [1.807, 2.05) is 32.0 Å². The van der Waals surface area contributed by atoms with Gasteiger partial charge in [-0.3, -0.25) is 5.32 Å². The Morgan fingerprint density at radius 2 is 1.81 bits per heavy atom. The minimum absolute atomic E-state index is 0.234. The maximum Gasteiger partial charge on any atom is 0.325 e. The summed E-state index contributed by atoms with van der Waals surface area (Å²) in [4.78, 5) is 12.1. The molecule has 0 aliphatic rings. The smallest absolute Gasteiger partial charge is 0.308 e. The van der Waals surface area contributed by atoms with Crippen molar-refractivity contribution in [2.45, 2.75) is 25.4 Å². The average molecular weight is 403 g/mol. The van der Waals surface area contributed by atoms with Gasteiger partial charge in [0, 0.05) is 17.2 Å². The molecule has 0 aliphatic heterocycles. The number of aryl methyl sites for hydroxylation is 2. The van der Waals surface area contributed by atoms with Crippen LogP contribution in [-0.4, -0.2) is 16.2 Å². The second kappa shape index (κ2) is 8.96. The number of urea groups is 1. The number of halogens is 1. The Labute approximate surface area is 165 Å². The van der Waals surface area contributed by atoms with Crippen LogP contribution in [0.2, 0.25) is 0 Å². The summed E-state index contributed by atoms with van der Waals surface area (Å²) in [6.07, 6.45) is 0. The predicted molar refractivity (Wildman–Crippen MR) is 110 cm³/mol. The van der Waals surface area contributed by atoms with Crippen LogP contribution in [0.15, 0.2) is 42.5 Å². The molecule has 140 valence electrons. The monoisotopic (exact) mass is 402 g/mol. The van der Waals surface area contributed by atoms with Crippen LogP contribution < -0.4 is 10.6 Å². The van der Waals surface area contributed by atoms with Gasteiger partial charge in [-0.2, -0.15) is 0 Å². The van der Waals surface area contributed by atoms with Gasteiger partial charge in [-0.1, -0.05) is 29.5 Å². The molecule has 2 aromatic carbocycles. The van der Waals surface area contributed by atoms with E-state index in [1.54, 1.807) is 23.9 Å². The number of hydrogen-bond donors (Lipinski definition) is 2. The van der Waals surface area contributed by atoms with Crippen molar-refractivity contribution in [3.05, 3.63) is 70.0 Å². The summed E-state index contributed by atoms with van der Waals surface area (Å²) in [6, 6.07) is 11.9. The molecule has 2 N–H and O–H groups in total. The first-order chi connectivity index (χ1) is 13.0. The minimum atomic E-state index is -0.347. The van der Waals surface area contributed by atoms with E-state index < -0.39 is 0 Å². The van der Waals surface area contributed by atoms with Crippen molar-refractivity contribution in [3.8, 4) is 0 Å². The van der Waals surface area contributed by atoms with Crippen LogP contribution >= 0.6 is 23.1 Å². The summed E-state index contributed by atoms with van der Waals surface area (Å²) in [5.74, 6) is 1.20. The molecular formula is C19H19FN4OS2. The van der Waals surface area contributed by atoms with Gasteiger partial charge in [0.25, 0.3) is 0 Å². The molecule has 8 heteroatoms. The lowest BCUT2D eigenvalue weighted by molar-refractivity contribution is 0.262. The van der Waals surface area contributed by atoms with Crippen molar-refractivity contribution in [2.75, 3.05) is 10.6 Å². The topological polar surface area (TPSA) is 66.9 Å². The van der Waals surface area contributed by atoms with Crippen molar-refractivity contribution in [2.24, 2.45) is 0 Å². The molecule has 0 saturated carbocycles. The fourth-order valence-corrected chi connectivity index (χ4v) is 4.06. The molecule has 0 fully saturated rings. The van der Waals surface area contributed by atoms with Crippen LogP contribution in [0.25, 0.3) is 0 Å². The fraction of sp³-hybridized carbons (Fsp3) is 0.211. The van der Waals surface area contributed by atoms with Gasteiger partial charge < -0.3 is 5.32 Å². The van der Waals surface area contributed by atoms with Crippen LogP contribution in [0.1, 0.15) is 21.7 Å². The second-order valence-electron chi connectivity index (χ2n) is 6.00. The molecule has 3 rings (SSSR count). The van der Waals surface area contributed by atoms with Crippen LogP contribution in [0.3, 0.4) is 0 Å². The zero-order chi connectivity index (χ0) is 19.2. The molecule has 0 spiro atoms. The Balaban J connectivity index is 1.47. The Morgan fingerprint density at radius 3 is 2.56 bits per heavy atom. The first kappa shape index (κ1) is 19.3. The highest BCUT2D eigenvalue weighted by Crippen LogP contribution is 2.23. The molecule has 2 amide bonds. The quantitative estimate of drug-likeness (QED) is 0.582. The van der Waals surface area contributed by atoms with Gasteiger partial charge in [-0.05, 0) is 54.8 Å². The molecule has 0 radical (unpaired) electrons. The van der Waals surface area contributed by atoms with Crippen LogP contribution in [0, 0.1) is 19.7 Å². The summed E-state index contributed by atoms with van der Waals surface area (Å²) in [5, 5.41) is 14.9. The van der Waals surface area contributed by atoms with Crippen LogP contribution in [0.4, 0.5) is 20.0 Å². The van der Waals surface area contributed by atoms with E-state index >= 15 is 0 Å². The first-order valence-corrected chi connectivity index (χ1v) is 10.3. The SMILES string of the molecule is Cc1ccc(NC(=O)Nc2nnc(CSCc3ccc(F)cc3)s2)cc1C. The van der Waals surface area contributed by atoms with E-state index in [1.165, 1.54) is 29.0 Å². The van der Waals surface area contributed by atoms with Crippen molar-refractivity contribution in [3.63, 3.8) is 0 Å². The van der Waals surface area contributed by atoms with Crippen molar-refractivity contribution in [1.82, 2.24) is 10.2 Å². The average Bonchev–Trinajstić information content (AvgIpc) is 3.07. The molecule has 0 bridgehead atoms. The Morgan fingerprint density at radius 1 is 1.04 bits per heavy atom. The van der Waals surface area contributed by atoms with E-state index in [9.17, 15) is 9.18 Å². The largest absolute Gasteiger partial charge is 0.325 e. The molecule has 0 unspecified atom stereocenters. The van der Waals surface area contributed by atoms with Gasteiger partial charge in [-0.15, -0.1) is 22.0 Å². The summed E-state index contributed by atoms with van der Waals surface area (Å²) in [6.45, 7) is 4.02. The number of carbonyl (C=O) groups excluding carboxylic acids is 1. The van der Waals surface area contributed by atoms with Crippen molar-refractivity contribution < 1.29 is 9.18 Å². The third-order valence-electron chi connectivity index (χ3n) is 3.86. The Bertz CT molecular complexity index is 928. The zero-order valence-electron chi connectivity index (χ0n) is 15.0. The summed E-state index contributed by atoms with van der Waals surface area (Å²) in [5.41, 5.74) is 4.07. The number of nitrogens with one attached hydrogen (secondary N) is 2. The van der Waals surface area contributed by atoms with E-state index in [2.05, 4.69) is 20.8 Å². The summed E-state index contributed by atoms with van der Waals surface area (Å²) < 4.78 is 12.9. The molecule has 1 aromatic heterocycles. The van der Waals surface area contributed by atoms with Gasteiger partial charge in [0.05, 0.1) is 0 Å². The first-order valence-electron chi connectivity index (χ1n) is 8.29. The van der Waals surface area contributed by atoms with Crippen LogP contribution in [-0.2, 0) is 11.5 Å². The highest BCUT2D eigenvalue weighted by molar-refractivity contribution is 7.97. The van der Waals surface area contributed by atoms with Gasteiger partial charge >= 0.3 is 6.03 Å². The lowest BCUT2D eigenvalue weighted by atomic mass is 10.1. The number of rotatable bonds is 6. The Hall–Kier alpha value is -2.45. The Kier molecular flexibility index (Phi) is 6.41. The zero-order valence-corrected chi connectivity index (χ0v) is 16.6. The van der Waals surface area contributed by atoms with E-state index in [0.717, 1.165) is 27.6 Å². The van der Waals surface area contributed by atoms with Crippen molar-refractivity contribution >= 4 is 39.9 Å². The standard InChI is InChI=1S/C19H19FN4OS2/c1-12-3-8-16(9-13(12)2)21-18(25)22-19-24-23-17(27-19)11-26-10-14-4-6-15(20)7-5-14/h3-9H,10-11H2,1-2H3,(H2,21,22,24,25). The molecular weight excluding hydrogens is 383 g/mol. The lowest BCUT2D eigenvalue weighted by Gasteiger charge is -2.07. The van der Waals surface area contributed by atoms with Gasteiger partial charge in [0.15, 0.2) is 0 Å². The van der Waals surface area contributed by atoms with Gasteiger partial charge in [-0.25, -0.2) is 9.18 Å². The van der Waals surface area contributed by atoms with Crippen LogP contribution in [0.5, 0.6) is 0 Å².